The van der Waals surface area contributed by atoms with E-state index in [0.717, 1.165) is 0 Å². The molecule has 0 spiro atoms. The van der Waals surface area contributed by atoms with E-state index >= 15 is 0 Å². The van der Waals surface area contributed by atoms with Crippen molar-refractivity contribution in [2.45, 2.75) is 33.2 Å². The summed E-state index contributed by atoms with van der Waals surface area (Å²) in [5, 5.41) is 13.2. The Morgan fingerprint density at radius 3 is 1.75 bits per heavy atom. The zero-order chi connectivity index (χ0) is 25.9. The molecule has 212 valence electrons. The van der Waals surface area contributed by atoms with Gasteiger partial charge in [0.05, 0.1) is 31.6 Å². The van der Waals surface area contributed by atoms with Gasteiger partial charge in [0, 0.05) is 126 Å². The summed E-state index contributed by atoms with van der Waals surface area (Å²) in [6.45, 7) is 14.4. The van der Waals surface area contributed by atoms with Crippen molar-refractivity contribution < 1.29 is 109 Å². The number of hydrogen-bond acceptors (Lipinski definition) is 7. The maximum atomic E-state index is 12.2. The van der Waals surface area contributed by atoms with Crippen molar-refractivity contribution in [3.63, 3.8) is 0 Å². The summed E-state index contributed by atoms with van der Waals surface area (Å²) in [6.07, 6.45) is 0.540. The standard InChI is InChI=1S/C22H40N6O6.2Gd/c1-16(2)14-20(27-19(5)31)22(33)26-9-13-34-12-8-25-21(32)15-28(10-6-23-17(3)29)11-7-24-18(4)30;;/h16,20H,3-4,6-15H2,1-2,5H3,(H,23,29)(H,24,30)(H,25,32)(H,26,33)(H,27,31);;/q-2;;/t20-;;/m0../s1. The van der Waals surface area contributed by atoms with Crippen molar-refractivity contribution >= 4 is 29.5 Å². The van der Waals surface area contributed by atoms with E-state index in [9.17, 15) is 24.0 Å². The Morgan fingerprint density at radius 1 is 0.806 bits per heavy atom. The molecule has 0 aromatic rings. The van der Waals surface area contributed by atoms with Crippen molar-refractivity contribution in [1.29, 1.82) is 0 Å². The molecule has 0 bridgehead atoms. The summed E-state index contributed by atoms with van der Waals surface area (Å²) in [5.74, 6) is -1.31. The Labute approximate surface area is 278 Å². The van der Waals surface area contributed by atoms with Crippen LogP contribution < -0.4 is 26.6 Å². The van der Waals surface area contributed by atoms with E-state index in [-0.39, 0.29) is 136 Å². The topological polar surface area (TPSA) is 158 Å². The quantitative estimate of drug-likeness (QED) is 0.0793. The number of hydrogen-bond donors (Lipinski definition) is 5. The van der Waals surface area contributed by atoms with E-state index in [0.29, 0.717) is 32.6 Å². The number of rotatable bonds is 18. The van der Waals surface area contributed by atoms with Gasteiger partial charge in [0.2, 0.25) is 17.7 Å². The van der Waals surface area contributed by atoms with Gasteiger partial charge in [-0.25, -0.2) is 0 Å². The first-order valence-electron chi connectivity index (χ1n) is 11.3. The fraction of sp³-hybridized carbons (Fsp3) is 0.682. The molecule has 0 heterocycles. The molecule has 0 unspecified atom stereocenters. The fourth-order valence-corrected chi connectivity index (χ4v) is 2.92. The largest absolute Gasteiger partial charge is 0.380 e. The molecule has 0 rings (SSSR count). The predicted molar refractivity (Wildman–Crippen MR) is 127 cm³/mol. The third-order valence-electron chi connectivity index (χ3n) is 4.38. The molecule has 36 heavy (non-hydrogen) atoms. The van der Waals surface area contributed by atoms with Crippen LogP contribution in [0.15, 0.2) is 0 Å². The Balaban J connectivity index is -0.00000544. The zero-order valence-corrected chi connectivity index (χ0v) is 25.8. The molecule has 0 aliphatic carbocycles. The second-order valence-corrected chi connectivity index (χ2v) is 8.11. The second-order valence-electron chi connectivity index (χ2n) is 8.11. The molecule has 1 atom stereocenters. The van der Waals surface area contributed by atoms with Crippen LogP contribution in [-0.4, -0.2) is 99.5 Å². The monoisotopic (exact) mass is 800 g/mol. The van der Waals surface area contributed by atoms with E-state index in [1.54, 1.807) is 4.90 Å². The van der Waals surface area contributed by atoms with Gasteiger partial charge in [-0.3, -0.25) is 19.3 Å². The maximum absolute atomic E-state index is 12.2. The molecule has 5 amide bonds. The molecule has 0 aromatic carbocycles. The van der Waals surface area contributed by atoms with Crippen LogP contribution in [-0.2, 0) is 28.7 Å². The molecule has 0 saturated carbocycles. The first-order valence-corrected chi connectivity index (χ1v) is 11.3. The second kappa shape index (κ2) is 25.0. The smallest absolute Gasteiger partial charge is 0.242 e. The van der Waals surface area contributed by atoms with Crippen molar-refractivity contribution in [3.8, 4) is 0 Å². The predicted octanol–water partition coefficient (Wildman–Crippen LogP) is -2.01. The minimum Gasteiger partial charge on any atom is -0.380 e. The van der Waals surface area contributed by atoms with Crippen LogP contribution in [0.2, 0.25) is 0 Å². The van der Waals surface area contributed by atoms with Crippen LogP contribution in [0.5, 0.6) is 0 Å². The van der Waals surface area contributed by atoms with Crippen LogP contribution in [0, 0.1) is 99.6 Å². The van der Waals surface area contributed by atoms with Crippen LogP contribution >= 0.6 is 0 Å². The first-order chi connectivity index (χ1) is 16.0. The number of ether oxygens (including phenoxy) is 1. The summed E-state index contributed by atoms with van der Waals surface area (Å²) >= 11 is 0. The fourth-order valence-electron chi connectivity index (χ4n) is 2.92. The molecule has 0 radical (unpaired) electrons. The molecule has 0 aromatic heterocycles. The van der Waals surface area contributed by atoms with Gasteiger partial charge in [-0.15, -0.1) is 0 Å². The SMILES string of the molecule is [CH2-]C(=O)NCCN(CCNC([CH2-])=O)CC(=O)NCCOCCNC(=O)[C@H](CC(C)C)NC(C)=O.[Gd].[Gd]. The molecule has 0 aliphatic heterocycles. The Morgan fingerprint density at radius 2 is 1.31 bits per heavy atom. The summed E-state index contributed by atoms with van der Waals surface area (Å²) in [5.41, 5.74) is 0. The van der Waals surface area contributed by atoms with E-state index < -0.39 is 17.9 Å². The van der Waals surface area contributed by atoms with Crippen LogP contribution in [0.25, 0.3) is 0 Å². The van der Waals surface area contributed by atoms with Gasteiger partial charge in [0.1, 0.15) is 6.04 Å². The Kier molecular flexibility index (Phi) is 27.9. The molecular weight excluding hydrogens is 759 g/mol. The minimum absolute atomic E-state index is 0. The number of amides is 5. The number of carbonyl (C=O) groups excluding carboxylic acids is 5. The number of carbonyl (C=O) groups is 5. The zero-order valence-electron chi connectivity index (χ0n) is 21.2. The summed E-state index contributed by atoms with van der Waals surface area (Å²) in [4.78, 5) is 59.3. The van der Waals surface area contributed by atoms with E-state index in [2.05, 4.69) is 40.4 Å². The van der Waals surface area contributed by atoms with E-state index in [4.69, 9.17) is 4.74 Å². The van der Waals surface area contributed by atoms with Crippen molar-refractivity contribution in [1.82, 2.24) is 31.5 Å². The number of nitrogens with zero attached hydrogens (tertiary/aromatic N) is 1. The maximum Gasteiger partial charge on any atom is 0.242 e. The van der Waals surface area contributed by atoms with Gasteiger partial charge in [0.25, 0.3) is 0 Å². The number of nitrogens with one attached hydrogen (secondary N) is 5. The summed E-state index contributed by atoms with van der Waals surface area (Å²) in [6, 6.07) is -0.580. The average Bonchev–Trinajstić information content (AvgIpc) is 2.71. The molecule has 0 fully saturated rings. The van der Waals surface area contributed by atoms with Gasteiger partial charge >= 0.3 is 0 Å². The van der Waals surface area contributed by atoms with E-state index in [1.807, 2.05) is 13.8 Å². The van der Waals surface area contributed by atoms with Gasteiger partial charge in [0.15, 0.2) is 0 Å². The molecule has 0 aliphatic rings. The molecule has 0 saturated heterocycles. The van der Waals surface area contributed by atoms with Crippen LogP contribution in [0.3, 0.4) is 0 Å². The van der Waals surface area contributed by atoms with E-state index in [1.165, 1.54) is 6.92 Å². The van der Waals surface area contributed by atoms with Gasteiger partial charge in [-0.05, 0) is 12.3 Å². The van der Waals surface area contributed by atoms with Gasteiger partial charge in [-0.1, -0.05) is 13.8 Å². The molecule has 12 nitrogen and oxygen atoms in total. The first kappa shape index (κ1) is 40.2. The molecule has 5 N–H and O–H groups in total. The van der Waals surface area contributed by atoms with Gasteiger partial charge < -0.3 is 54.8 Å². The van der Waals surface area contributed by atoms with Crippen LogP contribution in [0.1, 0.15) is 27.2 Å². The summed E-state index contributed by atoms with van der Waals surface area (Å²) < 4.78 is 5.42. The molecule has 14 heteroatoms. The normalized spacial score (nSPS) is 10.9. The van der Waals surface area contributed by atoms with Gasteiger partial charge in [-0.2, -0.15) is 0 Å². The minimum atomic E-state index is -0.580. The van der Waals surface area contributed by atoms with Crippen molar-refractivity contribution in [2.75, 3.05) is 59.0 Å². The average molecular weight is 799 g/mol. The third kappa shape index (κ3) is 25.3. The Hall–Kier alpha value is -0.341. The van der Waals surface area contributed by atoms with Crippen molar-refractivity contribution in [3.05, 3.63) is 13.8 Å². The third-order valence-corrected chi connectivity index (χ3v) is 4.38. The van der Waals surface area contributed by atoms with Crippen LogP contribution in [0.4, 0.5) is 0 Å². The molecular formula is C22H40Gd2N6O6-2. The summed E-state index contributed by atoms with van der Waals surface area (Å²) in [7, 11) is 0. The Bertz CT molecular complexity index is 649. The van der Waals surface area contributed by atoms with Crippen molar-refractivity contribution in [2.24, 2.45) is 5.92 Å².